The number of terminal acetylenes is 1. The summed E-state index contributed by atoms with van der Waals surface area (Å²) >= 11 is 0. The molecule has 3 aliphatic heterocycles. The number of hydrogen-bond donors (Lipinski definition) is 6. The van der Waals surface area contributed by atoms with E-state index in [2.05, 4.69) is 35.8 Å². The zero-order chi connectivity index (χ0) is 34.7. The Morgan fingerprint density at radius 3 is 2.59 bits per heavy atom. The number of fused-ring (bicyclic) bond motifs is 5. The molecular formula is C24H30N10O13P2. The van der Waals surface area contributed by atoms with Gasteiger partial charge in [-0.1, -0.05) is 0 Å². The molecular weight excluding hydrogens is 698 g/mol. The van der Waals surface area contributed by atoms with E-state index < -0.39 is 83.8 Å². The van der Waals surface area contributed by atoms with E-state index in [0.717, 1.165) is 7.11 Å². The number of aliphatic hydroxyl groups is 1. The maximum atomic E-state index is 13.4. The molecule has 3 aliphatic rings. The van der Waals surface area contributed by atoms with Crippen molar-refractivity contribution in [1.82, 2.24) is 39.0 Å². The van der Waals surface area contributed by atoms with Crippen molar-refractivity contribution in [3.8, 4) is 12.3 Å². The second-order valence-corrected chi connectivity index (χ2v) is 14.3. The Hall–Kier alpha value is -3.72. The van der Waals surface area contributed by atoms with E-state index in [0.29, 0.717) is 0 Å². The molecule has 23 nitrogen and oxygen atoms in total. The first-order valence-electron chi connectivity index (χ1n) is 14.4. The number of aromatic nitrogens is 8. The summed E-state index contributed by atoms with van der Waals surface area (Å²) in [6, 6.07) is 0. The predicted molar refractivity (Wildman–Crippen MR) is 164 cm³/mol. The second kappa shape index (κ2) is 12.9. The maximum absolute atomic E-state index is 13.4. The average Bonchev–Trinajstić information content (AvgIpc) is 3.83. The summed E-state index contributed by atoms with van der Waals surface area (Å²) in [5.74, 6) is 2.17. The van der Waals surface area contributed by atoms with Crippen molar-refractivity contribution in [2.75, 3.05) is 38.4 Å². The molecule has 0 amide bonds. The molecule has 0 aromatic carbocycles. The number of aliphatic hydroxyl groups excluding tert-OH is 1. The molecule has 49 heavy (non-hydrogen) atoms. The molecule has 2 bridgehead atoms. The SMILES string of the molecule is C#CCOC1C2OP(=O)(O)OCC3OC(n4cnc5c(=O)[nH]c(N)nc54)C(O[PH](O)(OC)OCC2OC1n1cnc2c(N)ncnc21)C3O. The molecule has 25 heteroatoms. The standard InChI is InChI=1S/C24H30N10O13P2/c1-3-4-41-17-15-11(45-23(17)33-8-29-12-18(25)27-7-28-19(12)33)6-43-49(39,40-2)47-16-14(35)10(5-42-48(37,38)46-15)44-22(16)34-9-30-13-20(34)31-24(26)32-21(13)36/h1,7-11,14-17,22-23,35,39,49H,4-6H2,2H3,(H,37,38)(H2,25,27,28)(H3,26,31,32,36). The topological polar surface area (TPSA) is 311 Å². The molecule has 7 rings (SSSR count). The summed E-state index contributed by atoms with van der Waals surface area (Å²) in [6.07, 6.45) is -1.81. The van der Waals surface area contributed by atoms with Crippen LogP contribution in [0.2, 0.25) is 0 Å². The monoisotopic (exact) mass is 728 g/mol. The molecule has 0 radical (unpaired) electrons. The average molecular weight is 729 g/mol. The number of anilines is 2. The number of H-pyrrole nitrogens is 1. The van der Waals surface area contributed by atoms with Crippen LogP contribution in [0.3, 0.4) is 0 Å². The molecule has 9 unspecified atom stereocenters. The Balaban J connectivity index is 1.24. The van der Waals surface area contributed by atoms with Crippen LogP contribution in [-0.2, 0) is 41.4 Å². The summed E-state index contributed by atoms with van der Waals surface area (Å²) in [6.45, 7) is -1.60. The molecule has 0 saturated carbocycles. The predicted octanol–water partition coefficient (Wildman–Crippen LogP) is -1.74. The number of nitrogens with one attached hydrogen (secondary N) is 1. The van der Waals surface area contributed by atoms with Gasteiger partial charge < -0.3 is 0 Å². The van der Waals surface area contributed by atoms with Crippen LogP contribution in [0.4, 0.5) is 11.8 Å². The number of ether oxygens (including phenoxy) is 3. The van der Waals surface area contributed by atoms with Gasteiger partial charge in [-0.25, -0.2) is 0 Å². The van der Waals surface area contributed by atoms with Crippen LogP contribution in [0, 0.1) is 12.3 Å². The van der Waals surface area contributed by atoms with Gasteiger partial charge in [-0.2, -0.15) is 0 Å². The second-order valence-electron chi connectivity index (χ2n) is 10.9. The van der Waals surface area contributed by atoms with Crippen LogP contribution < -0.4 is 17.0 Å². The first-order chi connectivity index (χ1) is 23.4. The van der Waals surface area contributed by atoms with Crippen molar-refractivity contribution in [2.24, 2.45) is 0 Å². The number of imidazole rings is 2. The van der Waals surface area contributed by atoms with Crippen molar-refractivity contribution < 1.29 is 56.3 Å². The number of rotatable bonds is 5. The number of nitrogens with zero attached hydrogens (tertiary/aromatic N) is 7. The molecule has 7 heterocycles. The third-order valence-corrected chi connectivity index (χ3v) is 10.6. The normalized spacial score (nSPS) is 34.1. The summed E-state index contributed by atoms with van der Waals surface area (Å²) < 4.78 is 62.0. The van der Waals surface area contributed by atoms with Gasteiger partial charge in [0.15, 0.2) is 0 Å². The fraction of sp³-hybridized carbons (Fsp3) is 0.500. The molecule has 4 aromatic heterocycles. The number of nitrogens with two attached hydrogens (primary N) is 2. The number of aromatic amines is 1. The minimum absolute atomic E-state index is 0.0558. The number of nitrogen functional groups attached to an aromatic ring is 2. The Morgan fingerprint density at radius 1 is 1.10 bits per heavy atom. The minimum atomic E-state index is -5.03. The number of phosphoric ester groups is 1. The van der Waals surface area contributed by atoms with E-state index in [1.54, 1.807) is 0 Å². The van der Waals surface area contributed by atoms with Crippen LogP contribution >= 0.6 is 16.0 Å². The molecule has 0 spiro atoms. The van der Waals surface area contributed by atoms with Crippen molar-refractivity contribution in [3.63, 3.8) is 0 Å². The van der Waals surface area contributed by atoms with Gasteiger partial charge in [-0.05, 0) is 0 Å². The van der Waals surface area contributed by atoms with E-state index in [4.69, 9.17) is 54.7 Å². The van der Waals surface area contributed by atoms with Crippen LogP contribution in [0.1, 0.15) is 12.5 Å². The first kappa shape index (κ1) is 33.8. The van der Waals surface area contributed by atoms with E-state index in [1.165, 1.54) is 28.1 Å². The van der Waals surface area contributed by atoms with Crippen LogP contribution in [0.5, 0.6) is 0 Å². The van der Waals surface area contributed by atoms with Gasteiger partial charge in [0, 0.05) is 0 Å². The van der Waals surface area contributed by atoms with E-state index in [1.807, 2.05) is 0 Å². The Bertz CT molecular complexity index is 2020. The van der Waals surface area contributed by atoms with Gasteiger partial charge in [-0.15, -0.1) is 0 Å². The summed E-state index contributed by atoms with van der Waals surface area (Å²) in [5.41, 5.74) is 11.3. The fourth-order valence-corrected chi connectivity index (χ4v) is 7.98. The van der Waals surface area contributed by atoms with Crippen LogP contribution in [0.15, 0.2) is 23.8 Å². The number of phosphoric acid groups is 1. The van der Waals surface area contributed by atoms with Gasteiger partial charge in [0.2, 0.25) is 0 Å². The van der Waals surface area contributed by atoms with Crippen molar-refractivity contribution in [3.05, 3.63) is 29.3 Å². The van der Waals surface area contributed by atoms with Crippen LogP contribution in [0.25, 0.3) is 22.3 Å². The first-order valence-corrected chi connectivity index (χ1v) is 17.5. The van der Waals surface area contributed by atoms with Crippen LogP contribution in [-0.4, -0.2) is 117 Å². The molecule has 4 aromatic rings. The van der Waals surface area contributed by atoms with Gasteiger partial charge >= 0.3 is 275 Å². The summed E-state index contributed by atoms with van der Waals surface area (Å²) in [4.78, 5) is 57.6. The summed E-state index contributed by atoms with van der Waals surface area (Å²) in [5, 5.41) is 11.3. The zero-order valence-corrected chi connectivity index (χ0v) is 27.1. The van der Waals surface area contributed by atoms with Gasteiger partial charge in [0.25, 0.3) is 0 Å². The molecule has 3 fully saturated rings. The molecule has 3 saturated heterocycles. The fourth-order valence-electron chi connectivity index (χ4n) is 5.76. The van der Waals surface area contributed by atoms with Crippen molar-refractivity contribution >= 4 is 50.1 Å². The van der Waals surface area contributed by atoms with Gasteiger partial charge in [0.05, 0.1) is 0 Å². The van der Waals surface area contributed by atoms with Crippen molar-refractivity contribution in [2.45, 2.75) is 49.1 Å². The van der Waals surface area contributed by atoms with E-state index in [-0.39, 0.29) is 40.7 Å². The molecule has 8 N–H and O–H groups in total. The Kier molecular flexibility index (Phi) is 8.87. The Labute approximate surface area is 274 Å². The Morgan fingerprint density at radius 2 is 1.84 bits per heavy atom. The van der Waals surface area contributed by atoms with E-state index in [9.17, 15) is 24.3 Å². The molecule has 0 aliphatic carbocycles. The zero-order valence-electron chi connectivity index (χ0n) is 25.2. The summed E-state index contributed by atoms with van der Waals surface area (Å²) in [7, 11) is -8.68. The van der Waals surface area contributed by atoms with Crippen molar-refractivity contribution in [1.29, 1.82) is 0 Å². The van der Waals surface area contributed by atoms with Gasteiger partial charge in [0.1, 0.15) is 0 Å². The van der Waals surface area contributed by atoms with Gasteiger partial charge in [-0.3, -0.25) is 0 Å². The molecule has 9 atom stereocenters. The third-order valence-electron chi connectivity index (χ3n) is 7.97. The quantitative estimate of drug-likeness (QED) is 0.0981. The third kappa shape index (κ3) is 6.17. The number of hydrogen-bond acceptors (Lipinski definition) is 19. The molecule has 264 valence electrons. The van der Waals surface area contributed by atoms with E-state index >= 15 is 0 Å².